The lowest BCUT2D eigenvalue weighted by atomic mass is 9.99. The molecule has 2 aromatic carbocycles. The van der Waals surface area contributed by atoms with E-state index in [4.69, 9.17) is 0 Å². The highest BCUT2D eigenvalue weighted by Gasteiger charge is 2.37. The van der Waals surface area contributed by atoms with Gasteiger partial charge in [-0.05, 0) is 41.0 Å². The lowest BCUT2D eigenvalue weighted by Gasteiger charge is -2.06. The monoisotopic (exact) mass is 360 g/mol. The van der Waals surface area contributed by atoms with Crippen LogP contribution in [0.1, 0.15) is 27.0 Å². The van der Waals surface area contributed by atoms with Crippen molar-refractivity contribution < 1.29 is 4.79 Å². The number of halogens is 2. The summed E-state index contributed by atoms with van der Waals surface area (Å²) >= 11 is 6.93. The summed E-state index contributed by atoms with van der Waals surface area (Å²) in [5.41, 5.74) is 6.83. The van der Waals surface area contributed by atoms with Gasteiger partial charge in [-0.1, -0.05) is 38.4 Å². The van der Waals surface area contributed by atoms with E-state index in [1.54, 1.807) is 0 Å². The molecule has 0 saturated heterocycles. The summed E-state index contributed by atoms with van der Waals surface area (Å²) in [7, 11) is 0. The minimum absolute atomic E-state index is 0.109. The molecule has 0 radical (unpaired) electrons. The Morgan fingerprint density at radius 2 is 1.17 bits per heavy atom. The number of benzene rings is 2. The van der Waals surface area contributed by atoms with E-state index in [-0.39, 0.29) is 5.78 Å². The largest absolute Gasteiger partial charge is 0.289 e. The topological polar surface area (TPSA) is 17.1 Å². The normalized spacial score (nSPS) is 14.3. The number of hydrogen-bond donors (Lipinski definition) is 0. The highest BCUT2D eigenvalue weighted by molar-refractivity contribution is 9.10. The predicted molar refractivity (Wildman–Crippen MR) is 78.8 cm³/mol. The van der Waals surface area contributed by atoms with E-state index in [9.17, 15) is 4.79 Å². The molecule has 0 unspecified atom stereocenters. The Morgan fingerprint density at radius 3 is 1.61 bits per heavy atom. The van der Waals surface area contributed by atoms with Gasteiger partial charge in [0.2, 0.25) is 0 Å². The van der Waals surface area contributed by atoms with Gasteiger partial charge in [0.05, 0.1) is 0 Å². The summed E-state index contributed by atoms with van der Waals surface area (Å²) in [6.45, 7) is 4.16. The highest BCUT2D eigenvalue weighted by atomic mass is 79.9. The van der Waals surface area contributed by atoms with E-state index in [0.29, 0.717) is 0 Å². The van der Waals surface area contributed by atoms with Crippen molar-refractivity contribution >= 4 is 43.2 Å². The van der Waals surface area contributed by atoms with E-state index in [1.807, 2.05) is 24.3 Å². The summed E-state index contributed by atoms with van der Waals surface area (Å²) in [5.74, 6) is 0.109. The van der Waals surface area contributed by atoms with E-state index in [0.717, 1.165) is 47.9 Å². The maximum absolute atomic E-state index is 12.4. The Balaban J connectivity index is 2.26. The van der Waals surface area contributed by atoms with Crippen molar-refractivity contribution in [2.45, 2.75) is 0 Å². The summed E-state index contributed by atoms with van der Waals surface area (Å²) in [4.78, 5) is 12.4. The van der Waals surface area contributed by atoms with E-state index in [2.05, 4.69) is 38.4 Å². The van der Waals surface area contributed by atoms with Gasteiger partial charge in [0.1, 0.15) is 0 Å². The van der Waals surface area contributed by atoms with Gasteiger partial charge in [-0.3, -0.25) is 4.79 Å². The highest BCUT2D eigenvalue weighted by Crippen LogP contribution is 2.53. The van der Waals surface area contributed by atoms with Crippen LogP contribution < -0.4 is 0 Å². The first-order valence-corrected chi connectivity index (χ1v) is 7.08. The van der Waals surface area contributed by atoms with Gasteiger partial charge in [0.15, 0.2) is 5.78 Å². The molecule has 86 valence electrons. The van der Waals surface area contributed by atoms with Crippen LogP contribution in [0.4, 0.5) is 0 Å². The van der Waals surface area contributed by atoms with Crippen LogP contribution >= 0.6 is 31.9 Å². The molecule has 0 spiro atoms. The van der Waals surface area contributed by atoms with E-state index >= 15 is 0 Å². The fraction of sp³-hybridized carbons (Fsp3) is 0. The molecule has 18 heavy (non-hydrogen) atoms. The second-order valence-corrected chi connectivity index (χ2v) is 6.39. The number of carbonyl (C=O) groups excluding carboxylic acids is 1. The van der Waals surface area contributed by atoms with Crippen LogP contribution in [0.25, 0.3) is 16.7 Å². The van der Waals surface area contributed by atoms with Gasteiger partial charge in [-0.15, -0.1) is 0 Å². The molecule has 0 bridgehead atoms. The predicted octanol–water partition coefficient (Wildman–Crippen LogP) is 4.80. The zero-order chi connectivity index (χ0) is 12.6. The molecule has 4 rings (SSSR count). The second kappa shape index (κ2) is 3.22. The Bertz CT molecular complexity index is 666. The molecule has 0 saturated carbocycles. The van der Waals surface area contributed by atoms with Gasteiger partial charge in [-0.25, -0.2) is 0 Å². The molecule has 2 aromatic rings. The molecular formula is C15H6Br2O. The summed E-state index contributed by atoms with van der Waals surface area (Å²) in [6.07, 6.45) is 0. The zero-order valence-corrected chi connectivity index (χ0v) is 12.4. The van der Waals surface area contributed by atoms with E-state index < -0.39 is 0 Å². The van der Waals surface area contributed by atoms with Crippen LogP contribution in [-0.2, 0) is 0 Å². The molecule has 1 nitrogen and oxygen atoms in total. The van der Waals surface area contributed by atoms with E-state index in [1.165, 1.54) is 0 Å². The number of rotatable bonds is 0. The zero-order valence-electron chi connectivity index (χ0n) is 9.18. The lowest BCUT2D eigenvalue weighted by molar-refractivity contribution is 0.104. The van der Waals surface area contributed by atoms with Gasteiger partial charge >= 0.3 is 0 Å². The molecule has 0 fully saturated rings. The minimum atomic E-state index is 0.109. The first kappa shape index (κ1) is 10.7. The van der Waals surface area contributed by atoms with Crippen LogP contribution in [0.3, 0.4) is 0 Å². The van der Waals surface area contributed by atoms with Crippen molar-refractivity contribution in [3.05, 3.63) is 62.0 Å². The number of ketones is 1. The molecule has 3 heteroatoms. The van der Waals surface area contributed by atoms with Gasteiger partial charge in [-0.2, -0.15) is 0 Å². The molecular weight excluding hydrogens is 356 g/mol. The Labute approximate surface area is 121 Å². The Hall–Kier alpha value is -1.19. The first-order valence-electron chi connectivity index (χ1n) is 5.50. The lowest BCUT2D eigenvalue weighted by Crippen LogP contribution is -1.98. The maximum Gasteiger partial charge on any atom is 0.194 e. The van der Waals surface area contributed by atoms with Gasteiger partial charge in [0.25, 0.3) is 0 Å². The molecule has 0 atom stereocenters. The standard InChI is InChI=1S/C15H6Br2O/c1-6-9-2-7(16)4-11-13(9)14-10(6)3-8(17)5-12(14)15(11)18/h2-5H,1H2. The fourth-order valence-electron chi connectivity index (χ4n) is 2.88. The molecule has 0 aromatic heterocycles. The first-order chi connectivity index (χ1) is 8.58. The van der Waals surface area contributed by atoms with Crippen molar-refractivity contribution in [3.8, 4) is 11.1 Å². The molecule has 2 aliphatic carbocycles. The summed E-state index contributed by atoms with van der Waals surface area (Å²) in [6, 6.07) is 7.88. The van der Waals surface area contributed by atoms with Crippen LogP contribution in [0.2, 0.25) is 0 Å². The number of hydrogen-bond acceptors (Lipinski definition) is 1. The molecule has 0 aliphatic heterocycles. The van der Waals surface area contributed by atoms with Crippen molar-refractivity contribution in [1.29, 1.82) is 0 Å². The van der Waals surface area contributed by atoms with Crippen LogP contribution in [0.15, 0.2) is 39.8 Å². The Morgan fingerprint density at radius 1 is 0.778 bits per heavy atom. The summed E-state index contributed by atoms with van der Waals surface area (Å²) in [5, 5.41) is 0. The third-order valence-electron chi connectivity index (χ3n) is 3.60. The minimum Gasteiger partial charge on any atom is -0.289 e. The average Bonchev–Trinajstić information content (AvgIpc) is 2.75. The van der Waals surface area contributed by atoms with Gasteiger partial charge < -0.3 is 0 Å². The average molecular weight is 362 g/mol. The van der Waals surface area contributed by atoms with Crippen molar-refractivity contribution in [2.75, 3.05) is 0 Å². The second-order valence-electron chi connectivity index (χ2n) is 4.56. The maximum atomic E-state index is 12.4. The molecule has 0 heterocycles. The Kier molecular flexibility index (Phi) is 1.92. The van der Waals surface area contributed by atoms with Crippen molar-refractivity contribution in [1.82, 2.24) is 0 Å². The molecule has 0 amide bonds. The van der Waals surface area contributed by atoms with Crippen molar-refractivity contribution in [3.63, 3.8) is 0 Å². The third-order valence-corrected chi connectivity index (χ3v) is 4.51. The third kappa shape index (κ3) is 1.09. The summed E-state index contributed by atoms with van der Waals surface area (Å²) < 4.78 is 1.85. The quantitative estimate of drug-likeness (QED) is 0.439. The van der Waals surface area contributed by atoms with Crippen LogP contribution in [0.5, 0.6) is 0 Å². The van der Waals surface area contributed by atoms with Crippen molar-refractivity contribution in [2.24, 2.45) is 0 Å². The van der Waals surface area contributed by atoms with Crippen LogP contribution in [0, 0.1) is 0 Å². The smallest absolute Gasteiger partial charge is 0.194 e. The molecule has 0 N–H and O–H groups in total. The van der Waals surface area contributed by atoms with Gasteiger partial charge in [0, 0.05) is 31.2 Å². The number of carbonyl (C=O) groups is 1. The molecule has 2 aliphatic rings. The SMILES string of the molecule is C=C1c2cc(Br)cc3c2-c2c1cc(Br)cc2C3=O. The fourth-order valence-corrected chi connectivity index (χ4v) is 3.79. The van der Waals surface area contributed by atoms with Crippen LogP contribution in [-0.4, -0.2) is 5.78 Å².